The molecule has 0 spiro atoms. The van der Waals surface area contributed by atoms with Gasteiger partial charge in [0.1, 0.15) is 7.14 Å². The SMILES string of the molecule is CP(C)(=O)c1cnn(CCNC(=O)CCCCCCCCC(=O)O)c1. The molecule has 0 aliphatic rings. The van der Waals surface area contributed by atoms with Gasteiger partial charge in [0.2, 0.25) is 5.91 Å². The molecule has 1 aromatic rings. The third-order valence-corrected chi connectivity index (χ3v) is 5.42. The Labute approximate surface area is 149 Å². The van der Waals surface area contributed by atoms with Crippen LogP contribution in [0.15, 0.2) is 12.4 Å². The molecule has 0 radical (unpaired) electrons. The summed E-state index contributed by atoms with van der Waals surface area (Å²) in [6.45, 7) is 4.49. The Morgan fingerprint density at radius 1 is 1.12 bits per heavy atom. The van der Waals surface area contributed by atoms with Crippen LogP contribution in [0.25, 0.3) is 0 Å². The summed E-state index contributed by atoms with van der Waals surface area (Å²) in [4.78, 5) is 22.1. The van der Waals surface area contributed by atoms with Gasteiger partial charge in [-0.05, 0) is 26.2 Å². The van der Waals surface area contributed by atoms with Crippen molar-refractivity contribution in [3.8, 4) is 0 Å². The van der Waals surface area contributed by atoms with E-state index in [4.69, 9.17) is 5.11 Å². The summed E-state index contributed by atoms with van der Waals surface area (Å²) in [6.07, 6.45) is 9.73. The average Bonchev–Trinajstić information content (AvgIpc) is 2.98. The molecule has 0 aliphatic heterocycles. The van der Waals surface area contributed by atoms with E-state index in [1.54, 1.807) is 30.4 Å². The van der Waals surface area contributed by atoms with Gasteiger partial charge < -0.3 is 15.0 Å². The molecule has 1 amide bonds. The van der Waals surface area contributed by atoms with Crippen molar-refractivity contribution < 1.29 is 19.3 Å². The van der Waals surface area contributed by atoms with E-state index in [0.717, 1.165) is 43.8 Å². The summed E-state index contributed by atoms with van der Waals surface area (Å²) in [5, 5.41) is 16.3. The highest BCUT2D eigenvalue weighted by atomic mass is 31.2. The number of nitrogens with one attached hydrogen (secondary N) is 1. The number of carbonyl (C=O) groups excluding carboxylic acids is 1. The van der Waals surface area contributed by atoms with E-state index < -0.39 is 13.1 Å². The van der Waals surface area contributed by atoms with Crippen LogP contribution in [0.2, 0.25) is 0 Å². The summed E-state index contributed by atoms with van der Waals surface area (Å²) in [6, 6.07) is 0. The number of rotatable bonds is 13. The van der Waals surface area contributed by atoms with Crippen LogP contribution in [0.3, 0.4) is 0 Å². The second-order valence-electron chi connectivity index (χ2n) is 6.68. The first kappa shape index (κ1) is 21.4. The van der Waals surface area contributed by atoms with Gasteiger partial charge >= 0.3 is 5.97 Å². The Morgan fingerprint density at radius 2 is 1.72 bits per heavy atom. The molecular weight excluding hydrogens is 341 g/mol. The fourth-order valence-electron chi connectivity index (χ4n) is 2.42. The molecule has 142 valence electrons. The van der Waals surface area contributed by atoms with Gasteiger partial charge in [-0.1, -0.05) is 25.7 Å². The fourth-order valence-corrected chi connectivity index (χ4v) is 3.16. The Morgan fingerprint density at radius 3 is 2.28 bits per heavy atom. The highest BCUT2D eigenvalue weighted by Gasteiger charge is 2.13. The first-order chi connectivity index (χ1) is 11.8. The van der Waals surface area contributed by atoms with Gasteiger partial charge in [-0.15, -0.1) is 0 Å². The summed E-state index contributed by atoms with van der Waals surface area (Å²) in [7, 11) is -2.28. The van der Waals surface area contributed by atoms with E-state index in [0.29, 0.717) is 19.5 Å². The summed E-state index contributed by atoms with van der Waals surface area (Å²) in [5.41, 5.74) is 0. The molecule has 1 aromatic heterocycles. The highest BCUT2D eigenvalue weighted by molar-refractivity contribution is 7.70. The number of unbranched alkanes of at least 4 members (excludes halogenated alkanes) is 5. The fraction of sp³-hybridized carbons (Fsp3) is 0.706. The average molecular weight is 371 g/mol. The van der Waals surface area contributed by atoms with Crippen molar-refractivity contribution >= 4 is 24.3 Å². The largest absolute Gasteiger partial charge is 0.481 e. The van der Waals surface area contributed by atoms with Crippen molar-refractivity contribution in [1.82, 2.24) is 15.1 Å². The molecule has 0 fully saturated rings. The number of hydrogen-bond acceptors (Lipinski definition) is 4. The minimum absolute atomic E-state index is 0.0370. The Hall–Kier alpha value is -1.62. The quantitative estimate of drug-likeness (QED) is 0.410. The zero-order valence-electron chi connectivity index (χ0n) is 15.2. The van der Waals surface area contributed by atoms with E-state index in [2.05, 4.69) is 10.4 Å². The zero-order valence-corrected chi connectivity index (χ0v) is 16.1. The zero-order chi connectivity index (χ0) is 18.7. The van der Waals surface area contributed by atoms with Crippen LogP contribution in [0, 0.1) is 0 Å². The molecule has 1 heterocycles. The van der Waals surface area contributed by atoms with E-state index in [1.165, 1.54) is 0 Å². The number of carboxylic acids is 1. The van der Waals surface area contributed by atoms with Gasteiger partial charge in [-0.25, -0.2) is 0 Å². The highest BCUT2D eigenvalue weighted by Crippen LogP contribution is 2.33. The third kappa shape index (κ3) is 10.1. The van der Waals surface area contributed by atoms with Crippen molar-refractivity contribution in [2.75, 3.05) is 19.9 Å². The van der Waals surface area contributed by atoms with E-state index in [9.17, 15) is 14.2 Å². The normalized spacial score (nSPS) is 11.4. The van der Waals surface area contributed by atoms with Crippen molar-refractivity contribution in [3.63, 3.8) is 0 Å². The van der Waals surface area contributed by atoms with Gasteiger partial charge in [-0.3, -0.25) is 14.3 Å². The maximum Gasteiger partial charge on any atom is 0.303 e. The first-order valence-electron chi connectivity index (χ1n) is 8.85. The van der Waals surface area contributed by atoms with Crippen molar-refractivity contribution in [2.45, 2.75) is 57.9 Å². The van der Waals surface area contributed by atoms with Crippen LogP contribution in [0.5, 0.6) is 0 Å². The number of aromatic nitrogens is 2. The topological polar surface area (TPSA) is 101 Å². The van der Waals surface area contributed by atoms with Crippen molar-refractivity contribution in [1.29, 1.82) is 0 Å². The molecule has 0 saturated heterocycles. The van der Waals surface area contributed by atoms with Crippen LogP contribution in [0.1, 0.15) is 51.4 Å². The summed E-state index contributed by atoms with van der Waals surface area (Å²) < 4.78 is 13.6. The number of carboxylic acid groups (broad SMARTS) is 1. The van der Waals surface area contributed by atoms with Crippen molar-refractivity contribution in [2.24, 2.45) is 0 Å². The summed E-state index contributed by atoms with van der Waals surface area (Å²) in [5.74, 6) is -0.698. The standard InChI is InChI=1S/C17H30N3O4P/c1-25(2,24)15-13-19-20(14-15)12-11-18-16(21)9-7-5-3-4-6-8-10-17(22)23/h13-14H,3-12H2,1-2H3,(H,18,21)(H,22,23). The predicted octanol–water partition coefficient (Wildman–Crippen LogP) is 2.45. The number of amides is 1. The maximum atomic E-state index is 11.9. The van der Waals surface area contributed by atoms with Crippen molar-refractivity contribution in [3.05, 3.63) is 12.4 Å². The smallest absolute Gasteiger partial charge is 0.303 e. The van der Waals surface area contributed by atoms with Gasteiger partial charge in [0.15, 0.2) is 0 Å². The van der Waals surface area contributed by atoms with E-state index in [-0.39, 0.29) is 12.3 Å². The van der Waals surface area contributed by atoms with Crippen LogP contribution in [-0.2, 0) is 20.7 Å². The molecule has 25 heavy (non-hydrogen) atoms. The van der Waals surface area contributed by atoms with Gasteiger partial charge in [0.25, 0.3) is 0 Å². The second kappa shape index (κ2) is 11.1. The lowest BCUT2D eigenvalue weighted by molar-refractivity contribution is -0.137. The monoisotopic (exact) mass is 371 g/mol. The van der Waals surface area contributed by atoms with Gasteiger partial charge in [0, 0.05) is 30.9 Å². The molecule has 1 rings (SSSR count). The lowest BCUT2D eigenvalue weighted by Gasteiger charge is -2.06. The van der Waals surface area contributed by atoms with Crippen LogP contribution in [0.4, 0.5) is 0 Å². The molecule has 0 aromatic carbocycles. The minimum atomic E-state index is -2.28. The molecule has 0 bridgehead atoms. The maximum absolute atomic E-state index is 11.9. The second-order valence-corrected chi connectivity index (χ2v) is 9.90. The Balaban J connectivity index is 2.03. The lowest BCUT2D eigenvalue weighted by Crippen LogP contribution is -2.27. The number of nitrogens with zero attached hydrogens (tertiary/aromatic N) is 2. The van der Waals surface area contributed by atoms with E-state index in [1.807, 2.05) is 0 Å². The minimum Gasteiger partial charge on any atom is -0.481 e. The molecule has 8 heteroatoms. The Bertz CT molecular complexity index is 594. The van der Waals surface area contributed by atoms with Crippen LogP contribution in [-0.4, -0.2) is 46.6 Å². The van der Waals surface area contributed by atoms with E-state index >= 15 is 0 Å². The molecule has 0 aliphatic carbocycles. The molecule has 0 saturated carbocycles. The third-order valence-electron chi connectivity index (χ3n) is 3.95. The van der Waals surface area contributed by atoms with Gasteiger partial charge in [-0.2, -0.15) is 5.10 Å². The number of aliphatic carboxylic acids is 1. The number of carbonyl (C=O) groups is 2. The summed E-state index contributed by atoms with van der Waals surface area (Å²) >= 11 is 0. The lowest BCUT2D eigenvalue weighted by atomic mass is 10.1. The Kier molecular flexibility index (Phi) is 9.50. The first-order valence-corrected chi connectivity index (χ1v) is 11.5. The van der Waals surface area contributed by atoms with Gasteiger partial charge in [0.05, 0.1) is 12.7 Å². The molecule has 2 N–H and O–H groups in total. The van der Waals surface area contributed by atoms with Crippen LogP contribution >= 0.6 is 7.14 Å². The molecule has 0 atom stereocenters. The number of hydrogen-bond donors (Lipinski definition) is 2. The molecule has 7 nitrogen and oxygen atoms in total. The predicted molar refractivity (Wildman–Crippen MR) is 98.9 cm³/mol. The molecular formula is C17H30N3O4P. The van der Waals surface area contributed by atoms with Crippen LogP contribution < -0.4 is 10.6 Å². The molecule has 0 unspecified atom stereocenters.